The Morgan fingerprint density at radius 3 is 2.74 bits per heavy atom. The molecule has 9 heteroatoms. The first kappa shape index (κ1) is 20.9. The zero-order chi connectivity index (χ0) is 23.1. The maximum atomic E-state index is 12.5. The molecule has 34 heavy (non-hydrogen) atoms. The minimum atomic E-state index is -0.341. The molecule has 1 aromatic heterocycles. The molecule has 0 spiro atoms. The van der Waals surface area contributed by atoms with Gasteiger partial charge in [0.25, 0.3) is 0 Å². The third-order valence-electron chi connectivity index (χ3n) is 6.30. The second kappa shape index (κ2) is 8.57. The molecular weight excluding hydrogens is 438 g/mol. The summed E-state index contributed by atoms with van der Waals surface area (Å²) in [6.45, 7) is 3.74. The second-order valence-electron chi connectivity index (χ2n) is 8.59. The lowest BCUT2D eigenvalue weighted by atomic mass is 10.1. The van der Waals surface area contributed by atoms with Crippen molar-refractivity contribution in [3.8, 4) is 23.0 Å². The third kappa shape index (κ3) is 3.92. The van der Waals surface area contributed by atoms with Crippen LogP contribution in [0.1, 0.15) is 0 Å². The van der Waals surface area contributed by atoms with Gasteiger partial charge in [-0.3, -0.25) is 14.8 Å². The van der Waals surface area contributed by atoms with Gasteiger partial charge in [0, 0.05) is 37.3 Å². The normalized spacial score (nSPS) is 20.2. The molecule has 9 nitrogen and oxygen atoms in total. The number of fused-ring (bicyclic) bond motifs is 2. The van der Waals surface area contributed by atoms with Crippen molar-refractivity contribution < 1.29 is 28.5 Å². The molecule has 1 unspecified atom stereocenters. The number of hydrogen-bond acceptors (Lipinski definition) is 8. The molecule has 3 aromatic rings. The fraction of sp³-hybridized carbons (Fsp3) is 0.360. The second-order valence-corrected chi connectivity index (χ2v) is 8.59. The number of ether oxygens (including phenoxy) is 5. The third-order valence-corrected chi connectivity index (χ3v) is 6.30. The van der Waals surface area contributed by atoms with Crippen molar-refractivity contribution in [3.63, 3.8) is 0 Å². The van der Waals surface area contributed by atoms with Crippen LogP contribution >= 0.6 is 0 Å². The summed E-state index contributed by atoms with van der Waals surface area (Å²) in [5, 5.41) is 0.931. The average molecular weight is 463 g/mol. The number of amides is 1. The largest absolute Gasteiger partial charge is 0.497 e. The number of aromatic nitrogens is 1. The highest BCUT2D eigenvalue weighted by atomic mass is 16.6. The smallest absolute Gasteiger partial charge is 0.414 e. The Morgan fingerprint density at radius 1 is 1.03 bits per heavy atom. The van der Waals surface area contributed by atoms with Crippen molar-refractivity contribution >= 4 is 22.7 Å². The first-order valence-corrected chi connectivity index (χ1v) is 11.4. The van der Waals surface area contributed by atoms with E-state index in [0.29, 0.717) is 37.8 Å². The van der Waals surface area contributed by atoms with Crippen LogP contribution in [0.4, 0.5) is 10.5 Å². The van der Waals surface area contributed by atoms with E-state index in [1.165, 1.54) is 0 Å². The van der Waals surface area contributed by atoms with Crippen molar-refractivity contribution in [1.29, 1.82) is 0 Å². The predicted molar refractivity (Wildman–Crippen MR) is 124 cm³/mol. The van der Waals surface area contributed by atoms with Gasteiger partial charge in [-0.15, -0.1) is 0 Å². The monoisotopic (exact) mass is 463 g/mol. The zero-order valence-electron chi connectivity index (χ0n) is 18.8. The summed E-state index contributed by atoms with van der Waals surface area (Å²) in [7, 11) is 1.65. The standard InChI is InChI=1S/C25H25N3O6/c1-30-17-3-4-21-20(11-17)22(6-7-26-21)33-18-12-27(13-18)14-19-15-28(25(29)34-19)16-2-5-23-24(10-16)32-9-8-31-23/h2-7,10-11,18-19H,8-9,12-15H2,1H3. The van der Waals surface area contributed by atoms with Gasteiger partial charge in [-0.2, -0.15) is 0 Å². The summed E-state index contributed by atoms with van der Waals surface area (Å²) >= 11 is 0. The highest BCUT2D eigenvalue weighted by Crippen LogP contribution is 2.35. The molecule has 2 saturated heterocycles. The van der Waals surface area contributed by atoms with Crippen molar-refractivity contribution in [1.82, 2.24) is 9.88 Å². The molecule has 1 atom stereocenters. The predicted octanol–water partition coefficient (Wildman–Crippen LogP) is 3.10. The van der Waals surface area contributed by atoms with Crippen LogP contribution in [-0.4, -0.2) is 74.7 Å². The van der Waals surface area contributed by atoms with Gasteiger partial charge in [-0.25, -0.2) is 4.79 Å². The van der Waals surface area contributed by atoms with Crippen LogP contribution in [0.3, 0.4) is 0 Å². The number of likely N-dealkylation sites (tertiary alicyclic amines) is 1. The van der Waals surface area contributed by atoms with E-state index >= 15 is 0 Å². The fourth-order valence-corrected chi connectivity index (χ4v) is 4.57. The number of anilines is 1. The number of cyclic esters (lactones) is 1. The maximum Gasteiger partial charge on any atom is 0.414 e. The highest BCUT2D eigenvalue weighted by molar-refractivity contribution is 5.90. The molecule has 0 N–H and O–H groups in total. The lowest BCUT2D eigenvalue weighted by molar-refractivity contribution is -0.00224. The number of nitrogens with zero attached hydrogens (tertiary/aromatic N) is 3. The van der Waals surface area contributed by atoms with E-state index in [1.54, 1.807) is 18.2 Å². The van der Waals surface area contributed by atoms with Crippen LogP contribution in [0, 0.1) is 0 Å². The van der Waals surface area contributed by atoms with E-state index in [2.05, 4.69) is 9.88 Å². The van der Waals surface area contributed by atoms with Crippen molar-refractivity contribution in [3.05, 3.63) is 48.7 Å². The molecule has 176 valence electrons. The van der Waals surface area contributed by atoms with Crippen LogP contribution in [-0.2, 0) is 4.74 Å². The first-order chi connectivity index (χ1) is 16.7. The van der Waals surface area contributed by atoms with Gasteiger partial charge < -0.3 is 23.7 Å². The number of methoxy groups -OCH3 is 1. The number of benzene rings is 2. The van der Waals surface area contributed by atoms with Gasteiger partial charge in [-0.1, -0.05) is 0 Å². The quantitative estimate of drug-likeness (QED) is 0.552. The maximum absolute atomic E-state index is 12.5. The minimum Gasteiger partial charge on any atom is -0.497 e. The summed E-state index contributed by atoms with van der Waals surface area (Å²) < 4.78 is 28.4. The van der Waals surface area contributed by atoms with E-state index in [4.69, 9.17) is 23.7 Å². The topological polar surface area (TPSA) is 82.6 Å². The lowest BCUT2D eigenvalue weighted by Crippen LogP contribution is -2.56. The van der Waals surface area contributed by atoms with Crippen molar-refractivity contribution in [2.75, 3.05) is 51.4 Å². The number of carbonyl (C=O) groups is 1. The summed E-state index contributed by atoms with van der Waals surface area (Å²) in [5.74, 6) is 2.92. The van der Waals surface area contributed by atoms with Crippen LogP contribution in [0.15, 0.2) is 48.7 Å². The molecule has 3 aliphatic heterocycles. The van der Waals surface area contributed by atoms with Crippen LogP contribution < -0.4 is 23.8 Å². The Hall–Kier alpha value is -3.72. The first-order valence-electron chi connectivity index (χ1n) is 11.4. The highest BCUT2D eigenvalue weighted by Gasteiger charge is 2.37. The van der Waals surface area contributed by atoms with E-state index in [-0.39, 0.29) is 18.3 Å². The molecule has 4 heterocycles. The van der Waals surface area contributed by atoms with E-state index in [1.807, 2.05) is 42.5 Å². The molecular formula is C25H25N3O6. The molecule has 0 aliphatic carbocycles. The SMILES string of the molecule is COc1ccc2nccc(OC3CN(CC4CN(c5ccc6c(c5)OCCO6)C(=O)O4)C3)c2c1. The average Bonchev–Trinajstić information content (AvgIpc) is 3.22. The lowest BCUT2D eigenvalue weighted by Gasteiger charge is -2.39. The van der Waals surface area contributed by atoms with Crippen LogP contribution in [0.2, 0.25) is 0 Å². The molecule has 0 bridgehead atoms. The van der Waals surface area contributed by atoms with Gasteiger partial charge in [-0.05, 0) is 36.4 Å². The summed E-state index contributed by atoms with van der Waals surface area (Å²) in [6.07, 6.45) is 1.29. The van der Waals surface area contributed by atoms with E-state index < -0.39 is 0 Å². The number of carbonyl (C=O) groups excluding carboxylic acids is 1. The fourth-order valence-electron chi connectivity index (χ4n) is 4.57. The van der Waals surface area contributed by atoms with E-state index in [9.17, 15) is 4.79 Å². The van der Waals surface area contributed by atoms with Crippen molar-refractivity contribution in [2.45, 2.75) is 12.2 Å². The van der Waals surface area contributed by atoms with Gasteiger partial charge in [0.15, 0.2) is 11.5 Å². The molecule has 1 amide bonds. The summed E-state index contributed by atoms with van der Waals surface area (Å²) in [5.41, 5.74) is 1.62. The number of hydrogen-bond donors (Lipinski definition) is 0. The van der Waals surface area contributed by atoms with Crippen LogP contribution in [0.5, 0.6) is 23.0 Å². The number of rotatable bonds is 6. The Bertz CT molecular complexity index is 1230. The van der Waals surface area contributed by atoms with Crippen LogP contribution in [0.25, 0.3) is 10.9 Å². The molecule has 6 rings (SSSR count). The zero-order valence-corrected chi connectivity index (χ0v) is 18.8. The molecule has 0 radical (unpaired) electrons. The minimum absolute atomic E-state index is 0.0720. The van der Waals surface area contributed by atoms with Gasteiger partial charge >= 0.3 is 6.09 Å². The Morgan fingerprint density at radius 2 is 1.88 bits per heavy atom. The molecule has 3 aliphatic rings. The van der Waals surface area contributed by atoms with Crippen molar-refractivity contribution in [2.24, 2.45) is 0 Å². The number of pyridine rings is 1. The van der Waals surface area contributed by atoms with Gasteiger partial charge in [0.05, 0.1) is 24.9 Å². The molecule has 2 fully saturated rings. The van der Waals surface area contributed by atoms with E-state index in [0.717, 1.165) is 41.2 Å². The Balaban J connectivity index is 1.05. The molecule has 2 aromatic carbocycles. The van der Waals surface area contributed by atoms with Gasteiger partial charge in [0.2, 0.25) is 0 Å². The Labute approximate surface area is 196 Å². The van der Waals surface area contributed by atoms with Gasteiger partial charge in [0.1, 0.15) is 36.9 Å². The summed E-state index contributed by atoms with van der Waals surface area (Å²) in [6, 6.07) is 13.2. The summed E-state index contributed by atoms with van der Waals surface area (Å²) in [4.78, 5) is 20.8. The Kier molecular flexibility index (Phi) is 5.26. The molecule has 0 saturated carbocycles.